The predicted molar refractivity (Wildman–Crippen MR) is 239 cm³/mol. The molecule has 1 atom stereocenters. The van der Waals surface area contributed by atoms with Gasteiger partial charge < -0.3 is 44.1 Å². The van der Waals surface area contributed by atoms with Crippen molar-refractivity contribution in [2.45, 2.75) is 45.6 Å². The number of benzene rings is 4. The average molecular weight is 884 g/mol. The summed E-state index contributed by atoms with van der Waals surface area (Å²) in [5.74, 6) is -0.233. The number of likely N-dealkylation sites (N-methyl/N-ethyl adjacent to an activating group) is 1. The Morgan fingerprint density at radius 3 is 2.41 bits per heavy atom. The van der Waals surface area contributed by atoms with Crippen LogP contribution >= 0.6 is 11.6 Å². The Labute approximate surface area is 371 Å². The van der Waals surface area contributed by atoms with Gasteiger partial charge in [0.2, 0.25) is 5.91 Å². The monoisotopic (exact) mass is 883 g/mol. The van der Waals surface area contributed by atoms with Gasteiger partial charge in [0.25, 0.3) is 11.8 Å². The number of aromatic nitrogens is 3. The van der Waals surface area contributed by atoms with E-state index in [1.54, 1.807) is 92.3 Å². The number of alkyl halides is 1. The largest absolute Gasteiger partial charge is 0.468 e. The number of aryl methyl sites for hydroxylation is 1. The topological polar surface area (TPSA) is 178 Å². The Kier molecular flexibility index (Phi) is 15.4. The number of aliphatic hydroxyl groups is 1. The fraction of sp³-hybridized carbons (Fsp3) is 0.391. The summed E-state index contributed by atoms with van der Waals surface area (Å²) < 4.78 is 22.8. The average Bonchev–Trinajstić information content (AvgIpc) is 3.91. The minimum Gasteiger partial charge on any atom is -0.468 e. The molecule has 5 aromatic rings. The minimum absolute atomic E-state index is 0.000287. The number of nitrogens with zero attached hydrogens (tertiary/aromatic N) is 6. The highest BCUT2D eigenvalue weighted by Crippen LogP contribution is 2.45. The van der Waals surface area contributed by atoms with Crippen LogP contribution in [-0.4, -0.2) is 132 Å². The van der Waals surface area contributed by atoms with E-state index in [1.165, 1.54) is 16.7 Å². The Balaban J connectivity index is 1.22. The fourth-order valence-electron chi connectivity index (χ4n) is 7.29. The van der Waals surface area contributed by atoms with Crippen LogP contribution in [0.25, 0.3) is 16.5 Å². The van der Waals surface area contributed by atoms with Gasteiger partial charge in [-0.05, 0) is 110 Å². The van der Waals surface area contributed by atoms with Crippen LogP contribution in [0.3, 0.4) is 0 Å². The van der Waals surface area contributed by atoms with E-state index >= 15 is 0 Å². The van der Waals surface area contributed by atoms with E-state index in [0.717, 1.165) is 27.5 Å². The van der Waals surface area contributed by atoms with Gasteiger partial charge in [-0.2, -0.15) is 0 Å². The van der Waals surface area contributed by atoms with E-state index in [4.69, 9.17) is 30.5 Å². The van der Waals surface area contributed by atoms with Crippen LogP contribution in [-0.2, 0) is 25.4 Å². The first-order chi connectivity index (χ1) is 30.2. The van der Waals surface area contributed by atoms with Crippen molar-refractivity contribution in [2.24, 2.45) is 0 Å². The molecule has 0 spiro atoms. The molecule has 2 heterocycles. The molecule has 1 aliphatic heterocycles. The number of methoxy groups -OCH3 is 1. The number of hydrogen-bond acceptors (Lipinski definition) is 11. The second-order valence-corrected chi connectivity index (χ2v) is 16.5. The number of hydrogen-bond donors (Lipinski definition) is 2. The van der Waals surface area contributed by atoms with Gasteiger partial charge >= 0.3 is 6.09 Å². The standard InChI is InChI=1S/C46H54ClN7O9/c1-30-8-7-9-37-32(25-40(56)52(20-22-61-23-21-55)19-18-51(5)45(59)63-46(2,3)4)24-39-42(41(30)37)33(26-47)27-53(39)44(58)38-28-54(50-49-38)35-14-12-34(13-15-35)48-43(57)31-10-16-36(17-11-31)62-29-60-6/h7-17,24,28,33,55H,18-23,25-27,29H2,1-6H3,(H,48,57)/t33-/m1/s1. The molecule has 0 aliphatic carbocycles. The van der Waals surface area contributed by atoms with Crippen LogP contribution in [0, 0.1) is 6.92 Å². The molecule has 0 saturated heterocycles. The van der Waals surface area contributed by atoms with Crippen molar-refractivity contribution < 1.29 is 43.2 Å². The number of aliphatic hydroxyl groups excluding tert-OH is 1. The molecule has 6 rings (SSSR count). The lowest BCUT2D eigenvalue weighted by Crippen LogP contribution is -2.43. The van der Waals surface area contributed by atoms with Gasteiger partial charge in [-0.3, -0.25) is 14.4 Å². The predicted octanol–water partition coefficient (Wildman–Crippen LogP) is 6.19. The number of rotatable bonds is 18. The lowest BCUT2D eigenvalue weighted by atomic mass is 9.89. The Morgan fingerprint density at radius 2 is 1.73 bits per heavy atom. The van der Waals surface area contributed by atoms with Crippen LogP contribution < -0.4 is 15.0 Å². The second kappa shape index (κ2) is 20.9. The van der Waals surface area contributed by atoms with Crippen molar-refractivity contribution in [3.63, 3.8) is 0 Å². The maximum Gasteiger partial charge on any atom is 0.410 e. The third-order valence-electron chi connectivity index (χ3n) is 10.4. The van der Waals surface area contributed by atoms with Crippen LogP contribution in [0.2, 0.25) is 0 Å². The quantitative estimate of drug-likeness (QED) is 0.0583. The van der Waals surface area contributed by atoms with Crippen LogP contribution in [0.4, 0.5) is 16.2 Å². The first-order valence-electron chi connectivity index (χ1n) is 20.6. The van der Waals surface area contributed by atoms with Crippen LogP contribution in [0.15, 0.2) is 79.0 Å². The van der Waals surface area contributed by atoms with Gasteiger partial charge in [0, 0.05) is 69.1 Å². The summed E-state index contributed by atoms with van der Waals surface area (Å²) in [5.41, 5.74) is 4.33. The van der Waals surface area contributed by atoms with E-state index in [9.17, 15) is 24.3 Å². The summed E-state index contributed by atoms with van der Waals surface area (Å²) in [5, 5.41) is 22.4. The van der Waals surface area contributed by atoms with Crippen molar-refractivity contribution >= 4 is 57.6 Å². The zero-order valence-electron chi connectivity index (χ0n) is 36.4. The highest BCUT2D eigenvalue weighted by atomic mass is 35.5. The number of carbonyl (C=O) groups excluding carboxylic acids is 4. The number of amides is 4. The molecule has 4 aromatic carbocycles. The molecule has 16 nitrogen and oxygen atoms in total. The van der Waals surface area contributed by atoms with Crippen molar-refractivity contribution in [1.29, 1.82) is 0 Å². The van der Waals surface area contributed by atoms with Gasteiger partial charge in [0.05, 0.1) is 38.1 Å². The number of carbonyl (C=O) groups is 4. The van der Waals surface area contributed by atoms with Crippen molar-refractivity contribution in [3.8, 4) is 11.4 Å². The van der Waals surface area contributed by atoms with Crippen molar-refractivity contribution in [2.75, 3.05) is 83.0 Å². The minimum atomic E-state index is -0.676. The van der Waals surface area contributed by atoms with Crippen molar-refractivity contribution in [3.05, 3.63) is 107 Å². The molecule has 0 saturated carbocycles. The number of ether oxygens (including phenoxy) is 4. The molecule has 0 unspecified atom stereocenters. The summed E-state index contributed by atoms with van der Waals surface area (Å²) >= 11 is 6.61. The smallest absolute Gasteiger partial charge is 0.410 e. The lowest BCUT2D eigenvalue weighted by Gasteiger charge is -2.28. The number of nitrogens with one attached hydrogen (secondary N) is 1. The van der Waals surface area contributed by atoms with Gasteiger partial charge in [-0.15, -0.1) is 16.7 Å². The lowest BCUT2D eigenvalue weighted by molar-refractivity contribution is -0.131. The fourth-order valence-corrected chi connectivity index (χ4v) is 7.54. The maximum atomic E-state index is 14.4. The molecular weight excluding hydrogens is 830 g/mol. The Bertz CT molecular complexity index is 2400. The second-order valence-electron chi connectivity index (χ2n) is 16.2. The normalized spacial score (nSPS) is 13.5. The van der Waals surface area contributed by atoms with E-state index in [2.05, 4.69) is 15.6 Å². The third-order valence-corrected chi connectivity index (χ3v) is 10.8. The summed E-state index contributed by atoms with van der Waals surface area (Å²) in [6.45, 7) is 8.60. The first kappa shape index (κ1) is 46.4. The van der Waals surface area contributed by atoms with E-state index in [0.29, 0.717) is 34.9 Å². The molecule has 0 radical (unpaired) electrons. The molecule has 2 N–H and O–H groups in total. The van der Waals surface area contributed by atoms with E-state index in [-0.39, 0.29) is 87.9 Å². The van der Waals surface area contributed by atoms with Gasteiger partial charge in [0.15, 0.2) is 12.5 Å². The summed E-state index contributed by atoms with van der Waals surface area (Å²) in [7, 11) is 3.15. The van der Waals surface area contributed by atoms with Crippen LogP contribution in [0.1, 0.15) is 64.2 Å². The van der Waals surface area contributed by atoms with E-state index < -0.39 is 11.7 Å². The number of anilines is 2. The van der Waals surface area contributed by atoms with Crippen molar-refractivity contribution in [1.82, 2.24) is 24.8 Å². The SMILES string of the molecule is COCOc1ccc(C(=O)Nc2ccc(-n3cc(C(=O)N4C[C@@H](CCl)c5c4cc(CC(=O)N(CCOCCO)CCN(C)C(=O)OC(C)(C)C)c4cccc(C)c54)nn3)cc2)cc1. The molecular formula is C46H54ClN7O9. The molecule has 17 heteroatoms. The summed E-state index contributed by atoms with van der Waals surface area (Å²) in [6.07, 6.45) is 1.05. The Morgan fingerprint density at radius 1 is 0.984 bits per heavy atom. The molecule has 1 aliphatic rings. The third kappa shape index (κ3) is 11.5. The number of halogens is 1. The van der Waals surface area contributed by atoms with Gasteiger partial charge in [-0.25, -0.2) is 9.48 Å². The molecule has 0 fully saturated rings. The van der Waals surface area contributed by atoms with Gasteiger partial charge in [-0.1, -0.05) is 23.4 Å². The maximum absolute atomic E-state index is 14.4. The molecule has 334 valence electrons. The van der Waals surface area contributed by atoms with E-state index in [1.807, 2.05) is 31.2 Å². The van der Waals surface area contributed by atoms with Crippen LogP contribution in [0.5, 0.6) is 5.75 Å². The summed E-state index contributed by atoms with van der Waals surface area (Å²) in [6, 6.07) is 21.5. The molecule has 63 heavy (non-hydrogen) atoms. The molecule has 0 bridgehead atoms. The van der Waals surface area contributed by atoms with Gasteiger partial charge in [0.1, 0.15) is 11.4 Å². The molecule has 1 aromatic heterocycles. The first-order valence-corrected chi connectivity index (χ1v) is 21.1. The highest BCUT2D eigenvalue weighted by Gasteiger charge is 2.36. The highest BCUT2D eigenvalue weighted by molar-refractivity contribution is 6.19. The number of fused-ring (bicyclic) bond motifs is 3. The zero-order valence-corrected chi connectivity index (χ0v) is 37.2. The Hall–Kier alpha value is -6.07. The summed E-state index contributed by atoms with van der Waals surface area (Å²) in [4.78, 5) is 58.9. The zero-order chi connectivity index (χ0) is 45.3. The molecule has 4 amide bonds.